The van der Waals surface area contributed by atoms with Crippen LogP contribution in [0.1, 0.15) is 19.3 Å². The number of hydrogen-bond acceptors (Lipinski definition) is 4. The van der Waals surface area contributed by atoms with E-state index in [2.05, 4.69) is 10.8 Å². The Bertz CT molecular complexity index is 488. The Morgan fingerprint density at radius 1 is 1.29 bits per heavy atom. The summed E-state index contributed by atoms with van der Waals surface area (Å²) >= 11 is 0. The van der Waals surface area contributed by atoms with Crippen molar-refractivity contribution in [2.75, 3.05) is 0 Å². The van der Waals surface area contributed by atoms with Gasteiger partial charge < -0.3 is 4.84 Å². The summed E-state index contributed by atoms with van der Waals surface area (Å²) in [6, 6.07) is 0. The van der Waals surface area contributed by atoms with Crippen LogP contribution in [0.2, 0.25) is 0 Å². The van der Waals surface area contributed by atoms with Crippen LogP contribution in [0.25, 0.3) is 0 Å². The number of nitrogens with one attached hydrogen (secondary N) is 2. The van der Waals surface area contributed by atoms with Gasteiger partial charge in [0.2, 0.25) is 0 Å². The van der Waals surface area contributed by atoms with Crippen LogP contribution in [0.15, 0.2) is 35.3 Å². The number of hydrogen-bond donors (Lipinski definition) is 2. The van der Waals surface area contributed by atoms with E-state index in [1.165, 1.54) is 0 Å². The molecule has 88 valence electrons. The fraction of sp³-hybridized carbons (Fsp3) is 0.333. The van der Waals surface area contributed by atoms with E-state index in [0.717, 1.165) is 12.8 Å². The first-order valence-corrected chi connectivity index (χ1v) is 5.65. The highest BCUT2D eigenvalue weighted by Crippen LogP contribution is 2.38. The largest absolute Gasteiger partial charge is 0.387 e. The highest BCUT2D eigenvalue weighted by Gasteiger charge is 2.39. The third-order valence-electron chi connectivity index (χ3n) is 3.28. The fourth-order valence-electron chi connectivity index (χ4n) is 2.54. The monoisotopic (exact) mass is 232 g/mol. The lowest BCUT2D eigenvalue weighted by atomic mass is 9.82. The standard InChI is InChI=1S/C12H12N2O3/c15-11-8-4-1-3-7(10(8)12(16)14-11)9-5-2-6-13-17-9/h2,5-7,13H,1,3-4H2,(H,14,15,16). The van der Waals surface area contributed by atoms with Gasteiger partial charge >= 0.3 is 0 Å². The van der Waals surface area contributed by atoms with Crippen LogP contribution in [-0.2, 0) is 14.4 Å². The molecule has 17 heavy (non-hydrogen) atoms. The maximum atomic E-state index is 11.8. The number of rotatable bonds is 1. The van der Waals surface area contributed by atoms with Gasteiger partial charge in [0, 0.05) is 17.3 Å². The summed E-state index contributed by atoms with van der Waals surface area (Å²) in [7, 11) is 0. The Kier molecular flexibility index (Phi) is 2.24. The first-order valence-electron chi connectivity index (χ1n) is 5.65. The van der Waals surface area contributed by atoms with Crippen LogP contribution in [0.3, 0.4) is 0 Å². The van der Waals surface area contributed by atoms with Crippen LogP contribution in [0.5, 0.6) is 0 Å². The summed E-state index contributed by atoms with van der Waals surface area (Å²) in [4.78, 5) is 28.6. The van der Waals surface area contributed by atoms with E-state index < -0.39 is 0 Å². The van der Waals surface area contributed by atoms with Crippen LogP contribution < -0.4 is 10.8 Å². The Balaban J connectivity index is 2.00. The molecule has 1 aliphatic carbocycles. The third-order valence-corrected chi connectivity index (χ3v) is 3.28. The van der Waals surface area contributed by atoms with Crippen LogP contribution >= 0.6 is 0 Å². The molecular formula is C12H12N2O3. The highest BCUT2D eigenvalue weighted by atomic mass is 16.6. The number of allylic oxidation sites excluding steroid dienone is 3. The van der Waals surface area contributed by atoms with Crippen LogP contribution in [0.4, 0.5) is 0 Å². The van der Waals surface area contributed by atoms with E-state index in [9.17, 15) is 9.59 Å². The summed E-state index contributed by atoms with van der Waals surface area (Å²) < 4.78 is 0. The lowest BCUT2D eigenvalue weighted by Crippen LogP contribution is -2.26. The lowest BCUT2D eigenvalue weighted by Gasteiger charge is -2.25. The molecule has 0 spiro atoms. The van der Waals surface area contributed by atoms with Crippen molar-refractivity contribution in [1.29, 1.82) is 0 Å². The van der Waals surface area contributed by atoms with Crippen molar-refractivity contribution in [2.24, 2.45) is 5.92 Å². The first-order chi connectivity index (χ1) is 8.27. The molecule has 0 fully saturated rings. The molecule has 2 amide bonds. The van der Waals surface area contributed by atoms with Gasteiger partial charge in [0.1, 0.15) is 5.76 Å². The zero-order valence-corrected chi connectivity index (χ0v) is 9.16. The summed E-state index contributed by atoms with van der Waals surface area (Å²) in [5, 5.41) is 2.35. The van der Waals surface area contributed by atoms with Gasteiger partial charge in [-0.25, -0.2) is 5.48 Å². The molecule has 2 N–H and O–H groups in total. The molecule has 5 heteroatoms. The van der Waals surface area contributed by atoms with Gasteiger partial charge in [0.05, 0.1) is 5.92 Å². The van der Waals surface area contributed by atoms with Crippen molar-refractivity contribution in [1.82, 2.24) is 10.8 Å². The fourth-order valence-corrected chi connectivity index (χ4v) is 2.54. The summed E-state index contributed by atoms with van der Waals surface area (Å²) in [6.45, 7) is 0. The molecule has 3 rings (SSSR count). The van der Waals surface area contributed by atoms with Gasteiger partial charge in [-0.3, -0.25) is 14.9 Å². The summed E-state index contributed by atoms with van der Waals surface area (Å²) in [6.07, 6.45) is 7.73. The second-order valence-electron chi connectivity index (χ2n) is 4.27. The molecule has 0 bridgehead atoms. The van der Waals surface area contributed by atoms with Gasteiger partial charge in [-0.15, -0.1) is 0 Å². The SMILES string of the molecule is O=C1NC(=O)C2=C1CCCC2C1=CC=CNO1. The molecule has 5 nitrogen and oxygen atoms in total. The minimum atomic E-state index is -0.270. The Morgan fingerprint density at radius 2 is 2.18 bits per heavy atom. The Morgan fingerprint density at radius 3 is 2.94 bits per heavy atom. The molecule has 0 saturated heterocycles. The average Bonchev–Trinajstić information content (AvgIpc) is 2.66. The molecule has 0 aromatic heterocycles. The lowest BCUT2D eigenvalue weighted by molar-refractivity contribution is -0.124. The van der Waals surface area contributed by atoms with Crippen molar-refractivity contribution in [2.45, 2.75) is 19.3 Å². The van der Waals surface area contributed by atoms with Gasteiger partial charge in [-0.05, 0) is 31.4 Å². The minimum Gasteiger partial charge on any atom is -0.387 e. The van der Waals surface area contributed by atoms with Crippen LogP contribution in [-0.4, -0.2) is 11.8 Å². The van der Waals surface area contributed by atoms with E-state index in [-0.39, 0.29) is 17.7 Å². The van der Waals surface area contributed by atoms with E-state index in [4.69, 9.17) is 4.84 Å². The molecule has 3 aliphatic rings. The van der Waals surface area contributed by atoms with E-state index in [0.29, 0.717) is 23.3 Å². The minimum absolute atomic E-state index is 0.109. The van der Waals surface area contributed by atoms with Gasteiger partial charge in [-0.2, -0.15) is 0 Å². The van der Waals surface area contributed by atoms with Crippen molar-refractivity contribution in [3.05, 3.63) is 35.3 Å². The van der Waals surface area contributed by atoms with Gasteiger partial charge in [-0.1, -0.05) is 0 Å². The molecule has 0 aromatic rings. The molecule has 1 unspecified atom stereocenters. The molecule has 0 saturated carbocycles. The number of carbonyl (C=O) groups excluding carboxylic acids is 2. The number of amides is 2. The number of imide groups is 1. The summed E-state index contributed by atoms with van der Waals surface area (Å²) in [5.41, 5.74) is 3.87. The first kappa shape index (κ1) is 10.1. The second-order valence-corrected chi connectivity index (χ2v) is 4.27. The normalized spacial score (nSPS) is 27.1. The highest BCUT2D eigenvalue weighted by molar-refractivity contribution is 6.20. The molecular weight excluding hydrogens is 220 g/mol. The predicted octanol–water partition coefficient (Wildman–Crippen LogP) is 0.672. The Hall–Kier alpha value is -2.04. The molecule has 2 heterocycles. The molecule has 0 aromatic carbocycles. The van der Waals surface area contributed by atoms with Gasteiger partial charge in [0.15, 0.2) is 0 Å². The molecule has 1 atom stereocenters. The third kappa shape index (κ3) is 1.54. The maximum Gasteiger partial charge on any atom is 0.255 e. The van der Waals surface area contributed by atoms with E-state index in [1.54, 1.807) is 6.20 Å². The average molecular weight is 232 g/mol. The van der Waals surface area contributed by atoms with Crippen molar-refractivity contribution in [3.63, 3.8) is 0 Å². The smallest absolute Gasteiger partial charge is 0.255 e. The topological polar surface area (TPSA) is 67.4 Å². The van der Waals surface area contributed by atoms with Crippen LogP contribution in [0, 0.1) is 5.92 Å². The van der Waals surface area contributed by atoms with Crippen molar-refractivity contribution >= 4 is 11.8 Å². The number of carbonyl (C=O) groups is 2. The van der Waals surface area contributed by atoms with E-state index in [1.807, 2.05) is 12.2 Å². The predicted molar refractivity (Wildman–Crippen MR) is 59.0 cm³/mol. The van der Waals surface area contributed by atoms with Crippen molar-refractivity contribution in [3.8, 4) is 0 Å². The van der Waals surface area contributed by atoms with Gasteiger partial charge in [0.25, 0.3) is 11.8 Å². The zero-order valence-electron chi connectivity index (χ0n) is 9.16. The zero-order chi connectivity index (χ0) is 11.8. The van der Waals surface area contributed by atoms with Crippen molar-refractivity contribution < 1.29 is 14.4 Å². The van der Waals surface area contributed by atoms with E-state index >= 15 is 0 Å². The summed E-state index contributed by atoms with van der Waals surface area (Å²) in [5.74, 6) is 0.0792. The second kappa shape index (κ2) is 3.76. The molecule has 0 radical (unpaired) electrons. The Labute approximate surface area is 98.2 Å². The quantitative estimate of drug-likeness (QED) is 0.652. The number of hydroxylamine groups is 1. The molecule has 2 aliphatic heterocycles. The maximum absolute atomic E-state index is 11.8.